The van der Waals surface area contributed by atoms with E-state index in [0.29, 0.717) is 114 Å². The maximum absolute atomic E-state index is 13.0. The summed E-state index contributed by atoms with van der Waals surface area (Å²) in [5.74, 6) is 2.35. The fourth-order valence-electron chi connectivity index (χ4n) is 9.18. The summed E-state index contributed by atoms with van der Waals surface area (Å²) in [7, 11) is -6.58. The summed E-state index contributed by atoms with van der Waals surface area (Å²) >= 11 is 0. The van der Waals surface area contributed by atoms with Crippen LogP contribution < -0.4 is 20.1 Å². The Kier molecular flexibility index (Phi) is 15.1. The second-order valence-corrected chi connectivity index (χ2v) is 23.7. The van der Waals surface area contributed by atoms with Crippen LogP contribution in [0.5, 0.6) is 11.8 Å². The third-order valence-electron chi connectivity index (χ3n) is 13.6. The van der Waals surface area contributed by atoms with Crippen molar-refractivity contribution in [2.24, 2.45) is 0 Å². The van der Waals surface area contributed by atoms with E-state index in [0.717, 1.165) is 11.6 Å². The number of carbonyl (C=O) groups excluding carboxylic acids is 2. The molecule has 3 fully saturated rings. The van der Waals surface area contributed by atoms with E-state index in [1.807, 2.05) is 41.8 Å². The van der Waals surface area contributed by atoms with Crippen molar-refractivity contribution >= 4 is 65.2 Å². The first kappa shape index (κ1) is 52.3. The molecule has 77 heavy (non-hydrogen) atoms. The Balaban J connectivity index is 0.000000175. The summed E-state index contributed by atoms with van der Waals surface area (Å²) in [6.07, 6.45) is 17.8. The van der Waals surface area contributed by atoms with Crippen LogP contribution in [0.2, 0.25) is 0 Å². The van der Waals surface area contributed by atoms with E-state index in [4.69, 9.17) is 9.47 Å². The molecular formula is C53H58N14O8S2. The summed E-state index contributed by atoms with van der Waals surface area (Å²) in [4.78, 5) is 56.2. The fourth-order valence-corrected chi connectivity index (χ4v) is 10.4. The van der Waals surface area contributed by atoms with Gasteiger partial charge in [-0.25, -0.2) is 56.1 Å². The average molecular weight is 1080 g/mol. The zero-order valence-electron chi connectivity index (χ0n) is 42.9. The van der Waals surface area contributed by atoms with Gasteiger partial charge in [-0.2, -0.15) is 10.2 Å². The van der Waals surface area contributed by atoms with Gasteiger partial charge in [0.15, 0.2) is 31.0 Å². The molecule has 0 radical (unpaired) electrons. The zero-order chi connectivity index (χ0) is 53.8. The third kappa shape index (κ3) is 12.1. The highest BCUT2D eigenvalue weighted by Crippen LogP contribution is 2.30. The molecule has 0 unspecified atom stereocenters. The minimum absolute atomic E-state index is 0.0243. The monoisotopic (exact) mass is 1080 g/mol. The van der Waals surface area contributed by atoms with Crippen LogP contribution in [0.15, 0.2) is 120 Å². The van der Waals surface area contributed by atoms with Crippen molar-refractivity contribution < 1.29 is 35.9 Å². The molecule has 1 saturated carbocycles. The van der Waals surface area contributed by atoms with E-state index in [1.54, 1.807) is 88.7 Å². The number of benzene rings is 2. The second kappa shape index (κ2) is 22.2. The van der Waals surface area contributed by atoms with Gasteiger partial charge in [0.25, 0.3) is 11.8 Å². The molecular weight excluding hydrogens is 1020 g/mol. The SMILES string of the molecule is CC(C)Nc1ccc(C(=O)N2CCC(Oc3ncnc4c3cnn4-c3ccc(S(C)(=O)=O)cc3)CC2)cn1.CS(=O)(=O)c1ccc(-n2ncc3c(OC4CCN(C(=O)c5ccc(NC6CCC6)nc5)CC4)ncnc32)cc1. The lowest BCUT2D eigenvalue weighted by Crippen LogP contribution is -2.41. The van der Waals surface area contributed by atoms with Crippen LogP contribution in [-0.2, 0) is 19.7 Å². The fraction of sp³-hybridized carbons (Fsp3) is 0.358. The predicted octanol–water partition coefficient (Wildman–Crippen LogP) is 6.38. The molecule has 2 aromatic carbocycles. The number of fused-ring (bicyclic) bond motifs is 2. The number of hydrogen-bond acceptors (Lipinski definition) is 18. The van der Waals surface area contributed by atoms with Crippen molar-refractivity contribution in [2.45, 2.75) is 92.9 Å². The Labute approximate surface area is 445 Å². The van der Waals surface area contributed by atoms with Crippen LogP contribution in [0, 0.1) is 0 Å². The minimum Gasteiger partial charge on any atom is -0.474 e. The van der Waals surface area contributed by atoms with Gasteiger partial charge in [0.2, 0.25) is 11.8 Å². The smallest absolute Gasteiger partial charge is 0.255 e. The first-order valence-corrected chi connectivity index (χ1v) is 29.2. The molecule has 24 heteroatoms. The lowest BCUT2D eigenvalue weighted by atomic mass is 9.93. The topological polar surface area (TPSA) is 264 Å². The number of piperidine rings is 2. The highest BCUT2D eigenvalue weighted by atomic mass is 32.2. The molecule has 0 atom stereocenters. The number of rotatable bonds is 14. The van der Waals surface area contributed by atoms with Crippen LogP contribution in [0.4, 0.5) is 11.6 Å². The number of pyridine rings is 2. The number of sulfone groups is 2. The first-order chi connectivity index (χ1) is 37.0. The second-order valence-electron chi connectivity index (χ2n) is 19.6. The standard InChI is InChI=1S/C27H29N7O4S.C26H29N7O4S/c1-39(36,37)22-8-6-20(7-9-22)34-25-23(16-31-34)26(30-17-29-25)38-21-11-13-33(14-12-21)27(35)18-5-10-24(28-15-18)32-19-3-2-4-19;1-17(2)31-23-9-4-18(14-27-23)26(34)32-12-10-20(11-13-32)37-25-22-15-30-33(24(22)28-16-29-25)19-5-7-21(8-6-19)38(3,35)36/h5-10,15-17,19,21H,2-4,11-14H2,1H3,(H,28,32);4-9,14-17,20H,10-13H2,1-3H3,(H,27,31). The van der Waals surface area contributed by atoms with Gasteiger partial charge in [-0.05, 0) is 106 Å². The number of anilines is 2. The molecule has 8 aromatic rings. The third-order valence-corrected chi connectivity index (χ3v) is 15.9. The quantitative estimate of drug-likeness (QED) is 0.120. The Morgan fingerprint density at radius 3 is 1.34 bits per heavy atom. The van der Waals surface area contributed by atoms with Crippen LogP contribution in [0.1, 0.15) is 79.5 Å². The van der Waals surface area contributed by atoms with Gasteiger partial charge in [-0.15, -0.1) is 0 Å². The van der Waals surface area contributed by atoms with E-state index < -0.39 is 19.7 Å². The number of carbonyl (C=O) groups is 2. The number of aromatic nitrogens is 10. The molecule has 0 bridgehead atoms. The number of hydrogen-bond donors (Lipinski definition) is 2. The highest BCUT2D eigenvalue weighted by molar-refractivity contribution is 7.91. The van der Waals surface area contributed by atoms with E-state index in [-0.39, 0.29) is 39.9 Å². The maximum atomic E-state index is 13.0. The van der Waals surface area contributed by atoms with Gasteiger partial charge in [-0.3, -0.25) is 9.59 Å². The van der Waals surface area contributed by atoms with Crippen molar-refractivity contribution in [3.05, 3.63) is 121 Å². The van der Waals surface area contributed by atoms with E-state index in [1.165, 1.54) is 44.4 Å². The van der Waals surface area contributed by atoms with Gasteiger partial charge in [0.05, 0.1) is 44.7 Å². The number of likely N-dealkylation sites (tertiary alicyclic amines) is 2. The maximum Gasteiger partial charge on any atom is 0.255 e. The van der Waals surface area contributed by atoms with Gasteiger partial charge >= 0.3 is 0 Å². The molecule has 2 amide bonds. The molecule has 400 valence electrons. The first-order valence-electron chi connectivity index (χ1n) is 25.4. The normalized spacial score (nSPS) is 15.7. The number of nitrogens with zero attached hydrogens (tertiary/aromatic N) is 12. The number of nitrogens with one attached hydrogen (secondary N) is 2. The van der Waals surface area contributed by atoms with Crippen molar-refractivity contribution in [2.75, 3.05) is 49.3 Å². The molecule has 0 spiro atoms. The predicted molar refractivity (Wildman–Crippen MR) is 287 cm³/mol. The largest absolute Gasteiger partial charge is 0.474 e. The molecule has 6 aromatic heterocycles. The highest BCUT2D eigenvalue weighted by Gasteiger charge is 2.29. The van der Waals surface area contributed by atoms with Crippen molar-refractivity contribution in [3.63, 3.8) is 0 Å². The summed E-state index contributed by atoms with van der Waals surface area (Å²) < 4.78 is 62.8. The Morgan fingerprint density at radius 1 is 0.545 bits per heavy atom. The molecule has 11 rings (SSSR count). The molecule has 2 aliphatic heterocycles. The molecule has 1 aliphatic carbocycles. The van der Waals surface area contributed by atoms with Crippen molar-refractivity contribution in [1.29, 1.82) is 0 Å². The van der Waals surface area contributed by atoms with Crippen LogP contribution in [-0.4, -0.2) is 151 Å². The van der Waals surface area contributed by atoms with Crippen LogP contribution in [0.3, 0.4) is 0 Å². The number of ether oxygens (including phenoxy) is 2. The average Bonchev–Trinajstić information content (AvgIpc) is 4.08. The molecule has 8 heterocycles. The summed E-state index contributed by atoms with van der Waals surface area (Å²) in [6, 6.07) is 21.0. The lowest BCUT2D eigenvalue weighted by Gasteiger charge is -2.32. The van der Waals surface area contributed by atoms with E-state index >= 15 is 0 Å². The van der Waals surface area contributed by atoms with Crippen molar-refractivity contribution in [3.8, 4) is 23.1 Å². The molecule has 2 saturated heterocycles. The Bertz CT molecular complexity index is 3610. The zero-order valence-corrected chi connectivity index (χ0v) is 44.6. The molecule has 3 aliphatic rings. The molecule has 2 N–H and O–H groups in total. The van der Waals surface area contributed by atoms with Crippen molar-refractivity contribution in [1.82, 2.24) is 59.3 Å². The minimum atomic E-state index is -3.29. The Hall–Kier alpha value is -8.12. The van der Waals surface area contributed by atoms with E-state index in [9.17, 15) is 26.4 Å². The summed E-state index contributed by atoms with van der Waals surface area (Å²) in [5.41, 5.74) is 3.61. The van der Waals surface area contributed by atoms with Crippen LogP contribution >= 0.6 is 0 Å². The summed E-state index contributed by atoms with van der Waals surface area (Å²) in [5, 5.41) is 16.8. The number of amides is 2. The summed E-state index contributed by atoms with van der Waals surface area (Å²) in [6.45, 7) is 6.35. The van der Waals surface area contributed by atoms with Gasteiger partial charge in [0, 0.05) is 88.9 Å². The van der Waals surface area contributed by atoms with Gasteiger partial charge < -0.3 is 29.9 Å². The lowest BCUT2D eigenvalue weighted by molar-refractivity contribution is 0.0581. The van der Waals surface area contributed by atoms with Gasteiger partial charge in [0.1, 0.15) is 47.3 Å². The Morgan fingerprint density at radius 2 is 0.974 bits per heavy atom. The van der Waals surface area contributed by atoms with Crippen LogP contribution in [0.25, 0.3) is 33.4 Å². The van der Waals surface area contributed by atoms with E-state index in [2.05, 4.69) is 50.7 Å². The molecule has 22 nitrogen and oxygen atoms in total. The van der Waals surface area contributed by atoms with Gasteiger partial charge in [-0.1, -0.05) is 0 Å².